The number of rotatable bonds is 8. The van der Waals surface area contributed by atoms with Gasteiger partial charge >= 0.3 is 0 Å². The van der Waals surface area contributed by atoms with Crippen LogP contribution in [-0.2, 0) is 23.1 Å². The van der Waals surface area contributed by atoms with Crippen LogP contribution in [-0.4, -0.2) is 30.9 Å². The Morgan fingerprint density at radius 2 is 1.80 bits per heavy atom. The van der Waals surface area contributed by atoms with Gasteiger partial charge in [-0.2, -0.15) is 9.61 Å². The molecule has 5 aromatic rings. The third-order valence-corrected chi connectivity index (χ3v) is 8.62. The first-order chi connectivity index (χ1) is 16.9. The van der Waals surface area contributed by atoms with Crippen LogP contribution in [0.1, 0.15) is 11.1 Å². The standard InChI is InChI=1S/C24H21BClN5O2S2/c25-19-15-28-31-22(12-21(30-24(19)31)18-7-1-2-8-20(18)26)27-13-16-5-3-6-17(11-16)14-29-35(32,33)23-9-4-10-34-23/h1-12,15,27,29H,13-14,25H2. The molecule has 0 atom stereocenters. The fourth-order valence-electron chi connectivity index (χ4n) is 3.71. The average Bonchev–Trinajstić information content (AvgIpc) is 3.53. The molecule has 0 saturated carbocycles. The predicted octanol–water partition coefficient (Wildman–Crippen LogP) is 3.46. The molecule has 11 heteroatoms. The van der Waals surface area contributed by atoms with Gasteiger partial charge in [-0.15, -0.1) is 11.3 Å². The maximum atomic E-state index is 12.4. The van der Waals surface area contributed by atoms with Crippen LogP contribution in [0.4, 0.5) is 5.82 Å². The van der Waals surface area contributed by atoms with Gasteiger partial charge in [-0.3, -0.25) is 0 Å². The molecule has 0 bridgehead atoms. The Labute approximate surface area is 213 Å². The van der Waals surface area contributed by atoms with Crippen molar-refractivity contribution in [2.45, 2.75) is 17.3 Å². The van der Waals surface area contributed by atoms with Crippen molar-refractivity contribution in [2.24, 2.45) is 0 Å². The Balaban J connectivity index is 1.36. The van der Waals surface area contributed by atoms with Crippen molar-refractivity contribution < 1.29 is 8.42 Å². The van der Waals surface area contributed by atoms with Gasteiger partial charge < -0.3 is 5.32 Å². The van der Waals surface area contributed by atoms with Crippen molar-refractivity contribution in [2.75, 3.05) is 5.32 Å². The summed E-state index contributed by atoms with van der Waals surface area (Å²) in [5.74, 6) is 0.779. The molecule has 176 valence electrons. The van der Waals surface area contributed by atoms with Crippen molar-refractivity contribution in [3.05, 3.63) is 94.5 Å². The maximum absolute atomic E-state index is 12.4. The molecule has 0 saturated heterocycles. The van der Waals surface area contributed by atoms with Crippen LogP contribution in [0.25, 0.3) is 16.9 Å². The Bertz CT molecular complexity index is 1600. The quantitative estimate of drug-likeness (QED) is 0.305. The van der Waals surface area contributed by atoms with Crippen molar-refractivity contribution >= 4 is 57.7 Å². The lowest BCUT2D eigenvalue weighted by Gasteiger charge is -2.13. The van der Waals surface area contributed by atoms with E-state index in [-0.39, 0.29) is 6.54 Å². The highest BCUT2D eigenvalue weighted by Gasteiger charge is 2.15. The first-order valence-electron chi connectivity index (χ1n) is 10.9. The van der Waals surface area contributed by atoms with E-state index in [0.29, 0.717) is 15.8 Å². The van der Waals surface area contributed by atoms with E-state index in [0.717, 1.165) is 39.3 Å². The number of halogens is 1. The number of anilines is 1. The van der Waals surface area contributed by atoms with E-state index >= 15 is 0 Å². The number of fused-ring (bicyclic) bond motifs is 1. The van der Waals surface area contributed by atoms with E-state index in [1.165, 1.54) is 11.3 Å². The number of hydrogen-bond acceptors (Lipinski definition) is 6. The van der Waals surface area contributed by atoms with Crippen LogP contribution in [0.2, 0.25) is 5.02 Å². The maximum Gasteiger partial charge on any atom is 0.250 e. The molecule has 3 aromatic heterocycles. The lowest BCUT2D eigenvalue weighted by atomic mass is 10.0. The third kappa shape index (κ3) is 5.11. The van der Waals surface area contributed by atoms with E-state index < -0.39 is 10.0 Å². The Morgan fingerprint density at radius 3 is 2.57 bits per heavy atom. The summed E-state index contributed by atoms with van der Waals surface area (Å²) in [4.78, 5) is 4.78. The summed E-state index contributed by atoms with van der Waals surface area (Å²) in [7, 11) is -1.55. The second-order valence-corrected chi connectivity index (χ2v) is 11.3. The van der Waals surface area contributed by atoms with Crippen molar-refractivity contribution in [3.8, 4) is 11.3 Å². The molecule has 35 heavy (non-hydrogen) atoms. The molecule has 0 unspecified atom stereocenters. The monoisotopic (exact) mass is 521 g/mol. The molecule has 0 amide bonds. The van der Waals surface area contributed by atoms with Crippen molar-refractivity contribution in [1.82, 2.24) is 19.3 Å². The number of hydrogen-bond donors (Lipinski definition) is 2. The zero-order chi connectivity index (χ0) is 24.4. The summed E-state index contributed by atoms with van der Waals surface area (Å²) in [5.41, 5.74) is 5.19. The van der Waals surface area contributed by atoms with Gasteiger partial charge in [-0.05, 0) is 34.1 Å². The normalized spacial score (nSPS) is 11.7. The number of nitrogens with one attached hydrogen (secondary N) is 2. The number of thiophene rings is 1. The molecular formula is C24H21BClN5O2S2. The highest BCUT2D eigenvalue weighted by Crippen LogP contribution is 2.28. The Kier molecular flexibility index (Phi) is 6.61. The first kappa shape index (κ1) is 23.6. The summed E-state index contributed by atoms with van der Waals surface area (Å²) < 4.78 is 29.6. The van der Waals surface area contributed by atoms with Crippen LogP contribution < -0.4 is 15.5 Å². The second-order valence-electron chi connectivity index (χ2n) is 8.00. The van der Waals surface area contributed by atoms with Crippen LogP contribution >= 0.6 is 22.9 Å². The minimum atomic E-state index is -3.52. The van der Waals surface area contributed by atoms with Crippen LogP contribution in [0.5, 0.6) is 0 Å². The predicted molar refractivity (Wildman–Crippen MR) is 144 cm³/mol. The third-order valence-electron chi connectivity index (χ3n) is 5.49. The lowest BCUT2D eigenvalue weighted by Crippen LogP contribution is -2.22. The second kappa shape index (κ2) is 9.83. The van der Waals surface area contributed by atoms with Gasteiger partial charge in [-0.25, -0.2) is 18.1 Å². The van der Waals surface area contributed by atoms with Gasteiger partial charge in [0.05, 0.1) is 5.69 Å². The Morgan fingerprint density at radius 1 is 1.00 bits per heavy atom. The number of aromatic nitrogens is 3. The molecule has 2 aromatic carbocycles. The Hall–Kier alpha value is -3.18. The van der Waals surface area contributed by atoms with Crippen LogP contribution in [0.3, 0.4) is 0 Å². The number of sulfonamides is 1. The summed E-state index contributed by atoms with van der Waals surface area (Å²) in [6.07, 6.45) is 1.78. The van der Waals surface area contributed by atoms with Crippen molar-refractivity contribution in [3.63, 3.8) is 0 Å². The molecule has 0 aliphatic carbocycles. The highest BCUT2D eigenvalue weighted by atomic mass is 35.5. The average molecular weight is 522 g/mol. The molecular weight excluding hydrogens is 501 g/mol. The van der Waals surface area contributed by atoms with Crippen LogP contribution in [0.15, 0.2) is 82.5 Å². The minimum Gasteiger partial charge on any atom is -0.366 e. The SMILES string of the molecule is Bc1cnn2c(NCc3cccc(CNS(=O)(=O)c4cccs4)c3)cc(-c3ccccc3Cl)nc12. The van der Waals surface area contributed by atoms with E-state index in [1.54, 1.807) is 28.2 Å². The molecule has 0 spiro atoms. The molecule has 5 rings (SSSR count). The van der Waals surface area contributed by atoms with Gasteiger partial charge in [0.2, 0.25) is 10.0 Å². The summed E-state index contributed by atoms with van der Waals surface area (Å²) in [6.45, 7) is 0.730. The molecule has 0 fully saturated rings. The van der Waals surface area contributed by atoms with Gasteiger partial charge in [0.1, 0.15) is 17.9 Å². The molecule has 3 heterocycles. The van der Waals surface area contributed by atoms with Gasteiger partial charge in [0.15, 0.2) is 5.65 Å². The zero-order valence-electron chi connectivity index (χ0n) is 18.8. The molecule has 0 radical (unpaired) electrons. The number of nitrogens with zero attached hydrogens (tertiary/aromatic N) is 3. The van der Waals surface area contributed by atoms with E-state index in [1.807, 2.05) is 62.4 Å². The summed E-state index contributed by atoms with van der Waals surface area (Å²) in [6, 6.07) is 20.6. The van der Waals surface area contributed by atoms with Gasteiger partial charge in [0, 0.05) is 35.9 Å². The fraction of sp³-hybridized carbons (Fsp3) is 0.0833. The number of benzene rings is 2. The van der Waals surface area contributed by atoms with E-state index in [9.17, 15) is 8.42 Å². The first-order valence-corrected chi connectivity index (χ1v) is 13.6. The molecule has 0 aliphatic heterocycles. The largest absolute Gasteiger partial charge is 0.366 e. The molecule has 7 nitrogen and oxygen atoms in total. The highest BCUT2D eigenvalue weighted by molar-refractivity contribution is 7.91. The molecule has 2 N–H and O–H groups in total. The van der Waals surface area contributed by atoms with E-state index in [2.05, 4.69) is 15.1 Å². The summed E-state index contributed by atoms with van der Waals surface area (Å²) in [5, 5.41) is 10.3. The molecule has 0 aliphatic rings. The van der Waals surface area contributed by atoms with Crippen molar-refractivity contribution in [1.29, 1.82) is 0 Å². The topological polar surface area (TPSA) is 88.4 Å². The van der Waals surface area contributed by atoms with Gasteiger partial charge in [0.25, 0.3) is 0 Å². The zero-order valence-corrected chi connectivity index (χ0v) is 21.2. The smallest absolute Gasteiger partial charge is 0.250 e. The lowest BCUT2D eigenvalue weighted by molar-refractivity contribution is 0.583. The van der Waals surface area contributed by atoms with Gasteiger partial charge in [-0.1, -0.05) is 60.1 Å². The van der Waals surface area contributed by atoms with Crippen LogP contribution in [0, 0.1) is 0 Å². The fourth-order valence-corrected chi connectivity index (χ4v) is 6.00. The van der Waals surface area contributed by atoms with E-state index in [4.69, 9.17) is 16.6 Å². The summed E-state index contributed by atoms with van der Waals surface area (Å²) >= 11 is 7.62. The minimum absolute atomic E-state index is 0.211.